The first-order chi connectivity index (χ1) is 16.9. The average Bonchev–Trinajstić information content (AvgIpc) is 3.12. The molecule has 1 aromatic heterocycles. The minimum Gasteiger partial charge on any atom is -0.439 e. The summed E-state index contributed by atoms with van der Waals surface area (Å²) in [6, 6.07) is 21.1. The van der Waals surface area contributed by atoms with E-state index < -0.39 is 0 Å². The Hall–Kier alpha value is -3.77. The predicted molar refractivity (Wildman–Crippen MR) is 137 cm³/mol. The maximum absolute atomic E-state index is 13.6. The fourth-order valence-corrected chi connectivity index (χ4v) is 4.49. The van der Waals surface area contributed by atoms with Crippen LogP contribution in [0.4, 0.5) is 0 Å². The highest BCUT2D eigenvalue weighted by molar-refractivity contribution is 6.30. The van der Waals surface area contributed by atoms with Gasteiger partial charge in [0.25, 0.3) is 5.56 Å². The van der Waals surface area contributed by atoms with Crippen LogP contribution in [0.1, 0.15) is 34.7 Å². The van der Waals surface area contributed by atoms with Crippen molar-refractivity contribution in [1.82, 2.24) is 14.7 Å². The second-order valence-electron chi connectivity index (χ2n) is 8.77. The molecule has 0 fully saturated rings. The number of amides is 1. The summed E-state index contributed by atoms with van der Waals surface area (Å²) < 4.78 is 9.33. The lowest BCUT2D eigenvalue weighted by molar-refractivity contribution is -0.122. The third-order valence-corrected chi connectivity index (χ3v) is 6.51. The fraction of sp³-hybridized carbons (Fsp3) is 0.214. The Kier molecular flexibility index (Phi) is 6.22. The number of halogens is 1. The predicted octanol–water partition coefficient (Wildman–Crippen LogP) is 5.18. The van der Waals surface area contributed by atoms with Gasteiger partial charge in [-0.25, -0.2) is 9.36 Å². The molecule has 0 aliphatic carbocycles. The standard InChI is InChI=1S/C28H26ClN3O3/c1-3-19-8-11-23(12-9-19)32-27(34)24-15-21-14-22(29)10-13-25(21)35-28(24)31(32)17-26(33)30-16-20-6-4-18(2)5-7-20/h4-14H,3,15-17H2,1-2H3,(H,30,33). The van der Waals surface area contributed by atoms with Gasteiger partial charge >= 0.3 is 0 Å². The number of carbonyl (C=O) groups is 1. The van der Waals surface area contributed by atoms with E-state index in [1.165, 1.54) is 10.2 Å². The average molecular weight is 488 g/mol. The first kappa shape index (κ1) is 23.0. The molecule has 6 nitrogen and oxygen atoms in total. The first-order valence-electron chi connectivity index (χ1n) is 11.7. The molecule has 0 atom stereocenters. The van der Waals surface area contributed by atoms with Crippen molar-refractivity contribution in [2.24, 2.45) is 0 Å². The molecule has 3 aromatic carbocycles. The number of fused-ring (bicyclic) bond motifs is 2. The lowest BCUT2D eigenvalue weighted by Crippen LogP contribution is -2.31. The Bertz CT molecular complexity index is 1450. The van der Waals surface area contributed by atoms with Gasteiger partial charge in [0.1, 0.15) is 12.3 Å². The molecule has 7 heteroatoms. The number of nitrogens with one attached hydrogen (secondary N) is 1. The Balaban J connectivity index is 1.50. The number of hydrogen-bond donors (Lipinski definition) is 1. The molecule has 0 bridgehead atoms. The van der Waals surface area contributed by atoms with E-state index in [0.29, 0.717) is 40.9 Å². The second kappa shape index (κ2) is 9.47. The zero-order valence-electron chi connectivity index (χ0n) is 19.7. The molecule has 2 heterocycles. The van der Waals surface area contributed by atoms with Crippen molar-refractivity contribution in [3.05, 3.63) is 110 Å². The summed E-state index contributed by atoms with van der Waals surface area (Å²) in [7, 11) is 0. The number of carbonyl (C=O) groups excluding carboxylic acids is 1. The summed E-state index contributed by atoms with van der Waals surface area (Å²) in [5.41, 5.74) is 5.16. The number of aryl methyl sites for hydroxylation is 2. The molecule has 35 heavy (non-hydrogen) atoms. The Morgan fingerprint density at radius 3 is 2.46 bits per heavy atom. The smallest absolute Gasteiger partial charge is 0.278 e. The van der Waals surface area contributed by atoms with Crippen LogP contribution in [-0.2, 0) is 30.7 Å². The number of rotatable bonds is 6. The molecular formula is C28H26ClN3O3. The topological polar surface area (TPSA) is 65.3 Å². The summed E-state index contributed by atoms with van der Waals surface area (Å²) in [5, 5.41) is 3.54. The molecule has 0 spiro atoms. The first-order valence-corrected chi connectivity index (χ1v) is 12.0. The van der Waals surface area contributed by atoms with Gasteiger partial charge in [-0.15, -0.1) is 0 Å². The minimum atomic E-state index is -0.215. The van der Waals surface area contributed by atoms with Gasteiger partial charge in [-0.3, -0.25) is 9.59 Å². The van der Waals surface area contributed by atoms with Crippen molar-refractivity contribution < 1.29 is 9.53 Å². The van der Waals surface area contributed by atoms with Gasteiger partial charge < -0.3 is 10.1 Å². The largest absolute Gasteiger partial charge is 0.439 e. The zero-order valence-corrected chi connectivity index (χ0v) is 20.4. The summed E-state index contributed by atoms with van der Waals surface area (Å²) in [5.74, 6) is 0.803. The van der Waals surface area contributed by atoms with Crippen LogP contribution in [0.25, 0.3) is 5.69 Å². The number of ether oxygens (including phenoxy) is 1. The lowest BCUT2D eigenvalue weighted by atomic mass is 10.0. The van der Waals surface area contributed by atoms with E-state index in [1.807, 2.05) is 61.5 Å². The van der Waals surface area contributed by atoms with E-state index in [0.717, 1.165) is 23.1 Å². The van der Waals surface area contributed by atoms with E-state index in [-0.39, 0.29) is 18.0 Å². The van der Waals surface area contributed by atoms with Gasteiger partial charge in [0.15, 0.2) is 0 Å². The van der Waals surface area contributed by atoms with Crippen LogP contribution in [0.2, 0.25) is 5.02 Å². The maximum atomic E-state index is 13.6. The summed E-state index contributed by atoms with van der Waals surface area (Å²) in [4.78, 5) is 26.6. The number of aromatic nitrogens is 2. The quantitative estimate of drug-likeness (QED) is 0.359. The van der Waals surface area contributed by atoms with E-state index >= 15 is 0 Å². The Morgan fingerprint density at radius 1 is 1.03 bits per heavy atom. The maximum Gasteiger partial charge on any atom is 0.278 e. The van der Waals surface area contributed by atoms with Crippen LogP contribution in [0.5, 0.6) is 11.6 Å². The van der Waals surface area contributed by atoms with Gasteiger partial charge in [0.2, 0.25) is 11.8 Å². The van der Waals surface area contributed by atoms with Crippen LogP contribution >= 0.6 is 11.6 Å². The molecule has 5 rings (SSSR count). The molecule has 0 radical (unpaired) electrons. The van der Waals surface area contributed by atoms with Crippen molar-refractivity contribution in [2.75, 3.05) is 0 Å². The molecule has 178 valence electrons. The fourth-order valence-electron chi connectivity index (χ4n) is 4.29. The Morgan fingerprint density at radius 2 is 1.74 bits per heavy atom. The lowest BCUT2D eigenvalue weighted by Gasteiger charge is -2.20. The van der Waals surface area contributed by atoms with Crippen LogP contribution in [-0.4, -0.2) is 15.3 Å². The molecule has 1 N–H and O–H groups in total. The molecule has 4 aromatic rings. The van der Waals surface area contributed by atoms with Crippen LogP contribution in [0, 0.1) is 6.92 Å². The molecule has 1 aliphatic heterocycles. The van der Waals surface area contributed by atoms with E-state index in [4.69, 9.17) is 16.3 Å². The van der Waals surface area contributed by atoms with E-state index in [9.17, 15) is 9.59 Å². The molecule has 0 saturated carbocycles. The summed E-state index contributed by atoms with van der Waals surface area (Å²) in [6.45, 7) is 4.45. The highest BCUT2D eigenvalue weighted by atomic mass is 35.5. The molecule has 1 aliphatic rings. The van der Waals surface area contributed by atoms with Crippen LogP contribution in [0.3, 0.4) is 0 Å². The highest BCUT2D eigenvalue weighted by Crippen LogP contribution is 2.37. The van der Waals surface area contributed by atoms with Crippen LogP contribution in [0.15, 0.2) is 71.5 Å². The van der Waals surface area contributed by atoms with E-state index in [2.05, 4.69) is 12.2 Å². The number of hydrogen-bond acceptors (Lipinski definition) is 3. The van der Waals surface area contributed by atoms with Crippen molar-refractivity contribution in [3.8, 4) is 17.3 Å². The van der Waals surface area contributed by atoms with Crippen molar-refractivity contribution >= 4 is 17.5 Å². The van der Waals surface area contributed by atoms with Gasteiger partial charge in [-0.1, -0.05) is 60.5 Å². The van der Waals surface area contributed by atoms with Gasteiger partial charge in [0.05, 0.1) is 11.3 Å². The SMILES string of the molecule is CCc1ccc(-n2c(=O)c3c(n2CC(=O)NCc2ccc(C)cc2)Oc2ccc(Cl)cc2C3)cc1. The molecule has 0 saturated heterocycles. The third-order valence-electron chi connectivity index (χ3n) is 6.27. The minimum absolute atomic E-state index is 0.0606. The zero-order chi connectivity index (χ0) is 24.5. The second-order valence-corrected chi connectivity index (χ2v) is 9.21. The van der Waals surface area contributed by atoms with Gasteiger partial charge in [-0.2, -0.15) is 0 Å². The molecule has 1 amide bonds. The van der Waals surface area contributed by atoms with Crippen molar-refractivity contribution in [2.45, 2.75) is 39.8 Å². The normalized spacial score (nSPS) is 12.0. The van der Waals surface area contributed by atoms with Gasteiger partial charge in [0, 0.05) is 23.6 Å². The third kappa shape index (κ3) is 4.62. The Labute approximate surface area is 208 Å². The molecule has 0 unspecified atom stereocenters. The highest BCUT2D eigenvalue weighted by Gasteiger charge is 2.29. The van der Waals surface area contributed by atoms with E-state index in [1.54, 1.807) is 16.8 Å². The van der Waals surface area contributed by atoms with Crippen molar-refractivity contribution in [3.63, 3.8) is 0 Å². The van der Waals surface area contributed by atoms with Gasteiger partial charge in [-0.05, 0) is 54.8 Å². The van der Waals surface area contributed by atoms with Crippen molar-refractivity contribution in [1.29, 1.82) is 0 Å². The van der Waals surface area contributed by atoms with Crippen LogP contribution < -0.4 is 15.6 Å². The monoisotopic (exact) mass is 487 g/mol. The number of nitrogens with zero attached hydrogens (tertiary/aromatic N) is 2. The molecular weight excluding hydrogens is 462 g/mol. The summed E-state index contributed by atoms with van der Waals surface area (Å²) in [6.07, 6.45) is 1.28. The summed E-state index contributed by atoms with van der Waals surface area (Å²) >= 11 is 6.17. The number of benzene rings is 3.